The number of ether oxygens (including phenoxy) is 3. The minimum absolute atomic E-state index is 0.0413. The van der Waals surface area contributed by atoms with Crippen LogP contribution in [0, 0.1) is 4.91 Å². The molecule has 0 radical (unpaired) electrons. The molecule has 1 saturated carbocycles. The number of pyridine rings is 3. The highest BCUT2D eigenvalue weighted by molar-refractivity contribution is 5.87. The Morgan fingerprint density at radius 3 is 2.63 bits per heavy atom. The Morgan fingerprint density at radius 1 is 1.07 bits per heavy atom. The van der Waals surface area contributed by atoms with Gasteiger partial charge in [-0.05, 0) is 50.8 Å². The summed E-state index contributed by atoms with van der Waals surface area (Å²) in [6.45, 7) is 4.75. The molecule has 4 aromatic heterocycles. The van der Waals surface area contributed by atoms with Crippen LogP contribution in [0.4, 0.5) is 17.6 Å². The molecular formula is C29H34N8O4. The molecule has 214 valence electrons. The van der Waals surface area contributed by atoms with Crippen molar-refractivity contribution in [2.45, 2.75) is 50.9 Å². The van der Waals surface area contributed by atoms with Crippen molar-refractivity contribution in [2.75, 3.05) is 36.5 Å². The summed E-state index contributed by atoms with van der Waals surface area (Å²) in [5.41, 5.74) is 1.52. The van der Waals surface area contributed by atoms with Gasteiger partial charge in [-0.1, -0.05) is 6.07 Å². The standard InChI is InChI=1S/C29H34N8O4/c1-19(25-18-32-29(35-38)36(25)2)40-22-15-23-24(31-17-22)16-27(37-11-13-39-14-12-37)34-28(23)41-21-8-6-20(7-9-21)33-26-5-3-4-10-30-26/h3-5,10,15-21H,6-9,11-14H2,1-2H3,(H,30,33). The SMILES string of the molecule is CC(Oc1cnc2cc(N3CCOCC3)nc(OC3CCC(Nc4ccccn4)CC3)c2c1)c1cnc(N=O)n1C. The number of fused-ring (bicyclic) bond motifs is 1. The van der Waals surface area contributed by atoms with E-state index < -0.39 is 0 Å². The van der Waals surface area contributed by atoms with Crippen molar-refractivity contribution in [3.63, 3.8) is 0 Å². The van der Waals surface area contributed by atoms with Crippen molar-refractivity contribution >= 4 is 28.5 Å². The largest absolute Gasteiger partial charge is 0.483 e. The van der Waals surface area contributed by atoms with Crippen molar-refractivity contribution in [3.8, 4) is 11.6 Å². The lowest BCUT2D eigenvalue weighted by atomic mass is 9.93. The topological polar surface area (TPSA) is 129 Å². The van der Waals surface area contributed by atoms with Crippen LogP contribution in [0.15, 0.2) is 54.1 Å². The van der Waals surface area contributed by atoms with E-state index >= 15 is 0 Å². The van der Waals surface area contributed by atoms with Gasteiger partial charge in [-0.15, -0.1) is 4.91 Å². The van der Waals surface area contributed by atoms with Gasteiger partial charge in [0.15, 0.2) is 0 Å². The van der Waals surface area contributed by atoms with E-state index in [2.05, 4.69) is 25.4 Å². The molecule has 12 nitrogen and oxygen atoms in total. The first-order valence-electron chi connectivity index (χ1n) is 14.1. The molecule has 6 rings (SSSR count). The zero-order valence-electron chi connectivity index (χ0n) is 23.3. The van der Waals surface area contributed by atoms with E-state index in [9.17, 15) is 4.91 Å². The molecule has 41 heavy (non-hydrogen) atoms. The van der Waals surface area contributed by atoms with Crippen molar-refractivity contribution in [1.82, 2.24) is 24.5 Å². The second-order valence-electron chi connectivity index (χ2n) is 10.5. The third-order valence-electron chi connectivity index (χ3n) is 7.72. The fraction of sp³-hybridized carbons (Fsp3) is 0.448. The van der Waals surface area contributed by atoms with Crippen LogP contribution in [0.25, 0.3) is 10.9 Å². The van der Waals surface area contributed by atoms with Gasteiger partial charge in [0.1, 0.15) is 29.6 Å². The number of rotatable bonds is 9. The molecular weight excluding hydrogens is 524 g/mol. The lowest BCUT2D eigenvalue weighted by Crippen LogP contribution is -2.37. The zero-order chi connectivity index (χ0) is 28.2. The van der Waals surface area contributed by atoms with Crippen molar-refractivity contribution in [1.29, 1.82) is 0 Å². The van der Waals surface area contributed by atoms with Crippen LogP contribution < -0.4 is 19.7 Å². The third kappa shape index (κ3) is 6.07. The number of hydrogen-bond donors (Lipinski definition) is 1. The van der Waals surface area contributed by atoms with Crippen LogP contribution in [-0.2, 0) is 11.8 Å². The Kier molecular flexibility index (Phi) is 7.90. The van der Waals surface area contributed by atoms with Gasteiger partial charge in [0, 0.05) is 43.6 Å². The summed E-state index contributed by atoms with van der Waals surface area (Å²) in [6.07, 6.45) is 8.54. The summed E-state index contributed by atoms with van der Waals surface area (Å²) < 4.78 is 20.0. The van der Waals surface area contributed by atoms with E-state index in [1.165, 1.54) is 0 Å². The molecule has 12 heteroatoms. The Balaban J connectivity index is 1.23. The van der Waals surface area contributed by atoms with Crippen LogP contribution in [0.2, 0.25) is 0 Å². The average Bonchev–Trinajstić information content (AvgIpc) is 3.39. The van der Waals surface area contributed by atoms with E-state index in [1.807, 2.05) is 37.3 Å². The quantitative estimate of drug-likeness (QED) is 0.282. The fourth-order valence-corrected chi connectivity index (χ4v) is 5.45. The highest BCUT2D eigenvalue weighted by atomic mass is 16.5. The first-order chi connectivity index (χ1) is 20.1. The lowest BCUT2D eigenvalue weighted by Gasteiger charge is -2.31. The highest BCUT2D eigenvalue weighted by Crippen LogP contribution is 2.34. The maximum absolute atomic E-state index is 11.0. The predicted octanol–water partition coefficient (Wildman–Crippen LogP) is 4.93. The number of anilines is 2. The molecule has 4 aromatic rings. The molecule has 2 aliphatic rings. The zero-order valence-corrected chi connectivity index (χ0v) is 23.3. The van der Waals surface area contributed by atoms with Gasteiger partial charge in [0.2, 0.25) is 5.88 Å². The second-order valence-corrected chi connectivity index (χ2v) is 10.5. The Labute approximate surface area is 238 Å². The van der Waals surface area contributed by atoms with Crippen LogP contribution in [0.5, 0.6) is 11.6 Å². The smallest absolute Gasteiger partial charge is 0.271 e. The molecule has 1 atom stereocenters. The summed E-state index contributed by atoms with van der Waals surface area (Å²) in [5.74, 6) is 2.97. The molecule has 1 aliphatic carbocycles. The summed E-state index contributed by atoms with van der Waals surface area (Å²) in [4.78, 5) is 31.3. The summed E-state index contributed by atoms with van der Waals surface area (Å²) in [5, 5.41) is 7.28. The fourth-order valence-electron chi connectivity index (χ4n) is 5.45. The second kappa shape index (κ2) is 12.0. The van der Waals surface area contributed by atoms with Crippen LogP contribution in [-0.4, -0.2) is 63.0 Å². The van der Waals surface area contributed by atoms with Crippen LogP contribution >= 0.6 is 0 Å². The maximum atomic E-state index is 11.0. The van der Waals surface area contributed by atoms with Gasteiger partial charge < -0.3 is 29.0 Å². The average molecular weight is 559 g/mol. The molecule has 0 aromatic carbocycles. The van der Waals surface area contributed by atoms with E-state index in [1.54, 1.807) is 30.2 Å². The Bertz CT molecular complexity index is 1480. The van der Waals surface area contributed by atoms with E-state index in [0.717, 1.165) is 67.0 Å². The number of imidazole rings is 1. The van der Waals surface area contributed by atoms with E-state index in [4.69, 9.17) is 24.2 Å². The number of nitrogens with one attached hydrogen (secondary N) is 1. The number of aromatic nitrogens is 5. The Hall–Kier alpha value is -4.32. The first kappa shape index (κ1) is 26.9. The van der Waals surface area contributed by atoms with E-state index in [-0.39, 0.29) is 18.2 Å². The van der Waals surface area contributed by atoms with Gasteiger partial charge in [0.05, 0.1) is 42.2 Å². The van der Waals surface area contributed by atoms with Crippen molar-refractivity contribution in [2.24, 2.45) is 12.2 Å². The van der Waals surface area contributed by atoms with Crippen LogP contribution in [0.1, 0.15) is 44.4 Å². The van der Waals surface area contributed by atoms with Gasteiger partial charge in [-0.25, -0.2) is 9.97 Å². The molecule has 1 unspecified atom stereocenters. The number of nitroso groups, excluding NO2 is 1. The van der Waals surface area contributed by atoms with Crippen molar-refractivity contribution in [3.05, 3.63) is 59.5 Å². The molecule has 5 heterocycles. The Morgan fingerprint density at radius 2 is 1.90 bits per heavy atom. The number of hydrogen-bond acceptors (Lipinski definition) is 11. The van der Waals surface area contributed by atoms with Crippen LogP contribution in [0.3, 0.4) is 0 Å². The number of morpholine rings is 1. The summed E-state index contributed by atoms with van der Waals surface area (Å²) in [6, 6.07) is 10.2. The molecule has 0 spiro atoms. The highest BCUT2D eigenvalue weighted by Gasteiger charge is 2.25. The molecule has 0 amide bonds. The minimum Gasteiger partial charge on any atom is -0.483 e. The molecule has 1 saturated heterocycles. The molecule has 0 bridgehead atoms. The third-order valence-corrected chi connectivity index (χ3v) is 7.72. The molecule has 1 N–H and O–H groups in total. The predicted molar refractivity (Wildman–Crippen MR) is 155 cm³/mol. The minimum atomic E-state index is -0.380. The molecule has 2 fully saturated rings. The van der Waals surface area contributed by atoms with Gasteiger partial charge >= 0.3 is 0 Å². The normalized spacial score (nSPS) is 20.0. The molecule has 1 aliphatic heterocycles. The van der Waals surface area contributed by atoms with Crippen molar-refractivity contribution < 1.29 is 14.2 Å². The summed E-state index contributed by atoms with van der Waals surface area (Å²) >= 11 is 0. The number of nitrogens with zero attached hydrogens (tertiary/aromatic N) is 7. The van der Waals surface area contributed by atoms with E-state index in [0.29, 0.717) is 30.9 Å². The summed E-state index contributed by atoms with van der Waals surface area (Å²) in [7, 11) is 1.74. The van der Waals surface area contributed by atoms with Gasteiger partial charge in [-0.3, -0.25) is 4.98 Å². The van der Waals surface area contributed by atoms with Gasteiger partial charge in [-0.2, -0.15) is 4.98 Å². The lowest BCUT2D eigenvalue weighted by molar-refractivity contribution is 0.122. The monoisotopic (exact) mass is 558 g/mol. The van der Waals surface area contributed by atoms with Gasteiger partial charge in [0.25, 0.3) is 5.95 Å². The maximum Gasteiger partial charge on any atom is 0.271 e. The first-order valence-corrected chi connectivity index (χ1v) is 14.1.